The molecule has 2 rings (SSSR count). The number of benzene rings is 1. The third-order valence-electron chi connectivity index (χ3n) is 2.05. The predicted octanol–water partition coefficient (Wildman–Crippen LogP) is 1.43. The molecule has 1 heterocycles. The van der Waals surface area contributed by atoms with Crippen LogP contribution in [0.15, 0.2) is 44.7 Å². The summed E-state index contributed by atoms with van der Waals surface area (Å²) in [5.41, 5.74) is 3.65. The molecule has 14 heavy (non-hydrogen) atoms. The lowest BCUT2D eigenvalue weighted by atomic mass is 10.1. The molecule has 1 aliphatic heterocycles. The van der Waals surface area contributed by atoms with Gasteiger partial charge in [-0.3, -0.25) is 5.43 Å². The summed E-state index contributed by atoms with van der Waals surface area (Å²) in [4.78, 5) is 1.71. The van der Waals surface area contributed by atoms with E-state index >= 15 is 0 Å². The smallest absolute Gasteiger partial charge is 0.0830 e. The lowest BCUT2D eigenvalue weighted by Gasteiger charge is -1.93. The molecular weight excluding hydrogens is 216 g/mol. The summed E-state index contributed by atoms with van der Waals surface area (Å²) < 4.78 is 15.1. The molecule has 1 N–H and O–H groups in total. The first kappa shape index (κ1) is 9.48. The fourth-order valence-corrected chi connectivity index (χ4v) is 2.79. The molecule has 0 spiro atoms. The zero-order valence-electron chi connectivity index (χ0n) is 7.27. The van der Waals surface area contributed by atoms with Crippen molar-refractivity contribution in [1.82, 2.24) is 5.43 Å². The van der Waals surface area contributed by atoms with Crippen molar-refractivity contribution in [3.05, 3.63) is 40.9 Å². The number of allylic oxidation sites excluding steroid dienone is 1. The number of rotatable bonds is 2. The molecule has 0 fully saturated rings. The third kappa shape index (κ3) is 1.60. The summed E-state index contributed by atoms with van der Waals surface area (Å²) >= 11 is 4.38. The van der Waals surface area contributed by atoms with Gasteiger partial charge in [0.2, 0.25) is 0 Å². The van der Waals surface area contributed by atoms with Gasteiger partial charge in [-0.2, -0.15) is 0 Å². The van der Waals surface area contributed by atoms with Crippen LogP contribution in [0.2, 0.25) is 0 Å². The van der Waals surface area contributed by atoms with E-state index in [2.05, 4.69) is 22.3 Å². The van der Waals surface area contributed by atoms with E-state index in [9.17, 15) is 4.21 Å². The number of hydrogen-bond acceptors (Lipinski definition) is 3. The summed E-state index contributed by atoms with van der Waals surface area (Å²) in [5.74, 6) is 0. The lowest BCUT2D eigenvalue weighted by Crippen LogP contribution is -1.96. The first-order valence-electron chi connectivity index (χ1n) is 4.09. The van der Waals surface area contributed by atoms with Gasteiger partial charge in [-0.15, -0.1) is 4.47 Å². The SMILES string of the molecule is O=S1C(=CNN=S)Cc2ccccc21. The second-order valence-electron chi connectivity index (χ2n) is 2.88. The van der Waals surface area contributed by atoms with Gasteiger partial charge < -0.3 is 0 Å². The third-order valence-corrected chi connectivity index (χ3v) is 3.70. The average Bonchev–Trinajstić information content (AvgIpc) is 2.54. The van der Waals surface area contributed by atoms with Crippen LogP contribution in [-0.2, 0) is 29.6 Å². The van der Waals surface area contributed by atoms with Crippen LogP contribution in [0, 0.1) is 0 Å². The summed E-state index contributed by atoms with van der Waals surface area (Å²) in [6.45, 7) is 0. The van der Waals surface area contributed by atoms with Crippen molar-refractivity contribution in [3.8, 4) is 0 Å². The number of nitrogens with one attached hydrogen (secondary N) is 1. The average molecular weight is 224 g/mol. The Hall–Kier alpha value is -1.07. The second-order valence-corrected chi connectivity index (χ2v) is 4.57. The molecule has 0 amide bonds. The van der Waals surface area contributed by atoms with Crippen molar-refractivity contribution in [2.24, 2.45) is 4.47 Å². The van der Waals surface area contributed by atoms with Crippen LogP contribution in [0.3, 0.4) is 0 Å². The monoisotopic (exact) mass is 224 g/mol. The van der Waals surface area contributed by atoms with Gasteiger partial charge in [0.05, 0.1) is 23.2 Å². The topological polar surface area (TPSA) is 41.5 Å². The van der Waals surface area contributed by atoms with E-state index in [0.29, 0.717) is 6.42 Å². The van der Waals surface area contributed by atoms with Gasteiger partial charge in [0.1, 0.15) is 0 Å². The highest BCUT2D eigenvalue weighted by Crippen LogP contribution is 2.29. The Bertz CT molecular complexity index is 429. The number of hydrogen-bond donors (Lipinski definition) is 1. The Morgan fingerprint density at radius 1 is 1.50 bits per heavy atom. The Morgan fingerprint density at radius 2 is 2.29 bits per heavy atom. The normalized spacial score (nSPS) is 22.0. The molecule has 5 heteroatoms. The highest BCUT2D eigenvalue weighted by atomic mass is 32.2. The van der Waals surface area contributed by atoms with Gasteiger partial charge in [-0.25, -0.2) is 4.21 Å². The predicted molar refractivity (Wildman–Crippen MR) is 57.6 cm³/mol. The van der Waals surface area contributed by atoms with Crippen molar-refractivity contribution in [2.45, 2.75) is 11.3 Å². The molecule has 0 saturated heterocycles. The van der Waals surface area contributed by atoms with Gasteiger partial charge in [0, 0.05) is 22.4 Å². The van der Waals surface area contributed by atoms with E-state index < -0.39 is 10.8 Å². The van der Waals surface area contributed by atoms with Crippen LogP contribution in [-0.4, -0.2) is 4.21 Å². The molecule has 0 aliphatic carbocycles. The Morgan fingerprint density at radius 3 is 3.00 bits per heavy atom. The lowest BCUT2D eigenvalue weighted by molar-refractivity contribution is 0.688. The first-order valence-corrected chi connectivity index (χ1v) is 5.61. The summed E-state index contributed by atoms with van der Waals surface area (Å²) in [6, 6.07) is 7.71. The molecule has 1 aliphatic rings. The minimum absolute atomic E-state index is 0.709. The maximum Gasteiger partial charge on any atom is 0.0830 e. The standard InChI is InChI=1S/C9H8N2OS2/c12-14-8(6-10-11-13)5-7-3-1-2-4-9(7)14/h1-4,6H,5H2,(H,10,13). The largest absolute Gasteiger partial charge is 0.273 e. The molecule has 1 atom stereocenters. The van der Waals surface area contributed by atoms with Crippen LogP contribution in [0.1, 0.15) is 5.56 Å². The molecule has 0 aromatic heterocycles. The quantitative estimate of drug-likeness (QED) is 0.773. The molecule has 0 saturated carbocycles. The van der Waals surface area contributed by atoms with E-state index in [1.165, 1.54) is 0 Å². The van der Waals surface area contributed by atoms with Crippen molar-refractivity contribution in [3.63, 3.8) is 0 Å². The van der Waals surface area contributed by atoms with Gasteiger partial charge in [0.15, 0.2) is 0 Å². The minimum atomic E-state index is -1.04. The van der Waals surface area contributed by atoms with E-state index in [1.807, 2.05) is 24.3 Å². The van der Waals surface area contributed by atoms with Gasteiger partial charge in [0.25, 0.3) is 0 Å². The van der Waals surface area contributed by atoms with Gasteiger partial charge in [-0.1, -0.05) is 18.2 Å². The molecule has 1 aromatic rings. The minimum Gasteiger partial charge on any atom is -0.273 e. The van der Waals surface area contributed by atoms with Crippen molar-refractivity contribution in [2.75, 3.05) is 0 Å². The number of fused-ring (bicyclic) bond motifs is 1. The molecule has 1 aromatic carbocycles. The van der Waals surface area contributed by atoms with Crippen LogP contribution < -0.4 is 5.43 Å². The molecule has 72 valence electrons. The van der Waals surface area contributed by atoms with Crippen molar-refractivity contribution >= 4 is 23.2 Å². The van der Waals surface area contributed by atoms with Gasteiger partial charge in [-0.05, 0) is 11.6 Å². The molecule has 1 unspecified atom stereocenters. The maximum absolute atomic E-state index is 11.8. The van der Waals surface area contributed by atoms with Crippen LogP contribution in [0.5, 0.6) is 0 Å². The Kier molecular flexibility index (Phi) is 2.69. The summed E-state index contributed by atoms with van der Waals surface area (Å²) in [7, 11) is -1.04. The highest BCUT2D eigenvalue weighted by molar-refractivity contribution is 7.89. The maximum atomic E-state index is 11.8. The van der Waals surface area contributed by atoms with E-state index in [0.717, 1.165) is 15.4 Å². The summed E-state index contributed by atoms with van der Waals surface area (Å²) in [6.07, 6.45) is 2.32. The van der Waals surface area contributed by atoms with Crippen molar-refractivity contribution < 1.29 is 4.21 Å². The van der Waals surface area contributed by atoms with Crippen molar-refractivity contribution in [1.29, 1.82) is 0 Å². The molecule has 3 nitrogen and oxygen atoms in total. The second kappa shape index (κ2) is 3.98. The van der Waals surface area contributed by atoms with Crippen LogP contribution in [0.25, 0.3) is 0 Å². The Labute approximate surface area is 89.8 Å². The van der Waals surface area contributed by atoms with E-state index in [1.54, 1.807) is 6.20 Å². The van der Waals surface area contributed by atoms with Gasteiger partial charge >= 0.3 is 0 Å². The summed E-state index contributed by atoms with van der Waals surface area (Å²) in [5, 5.41) is 0. The van der Waals surface area contributed by atoms with Crippen LogP contribution in [0.4, 0.5) is 0 Å². The molecule has 0 bridgehead atoms. The zero-order chi connectivity index (χ0) is 9.97. The van der Waals surface area contributed by atoms with Crippen LogP contribution >= 0.6 is 0 Å². The highest BCUT2D eigenvalue weighted by Gasteiger charge is 2.22. The number of nitrogens with zero attached hydrogens (tertiary/aromatic N) is 1. The van der Waals surface area contributed by atoms with E-state index in [-0.39, 0.29) is 0 Å². The Balaban J connectivity index is 2.34. The fourth-order valence-electron chi connectivity index (χ4n) is 1.43. The fraction of sp³-hybridized carbons (Fsp3) is 0.111. The molecule has 0 radical (unpaired) electrons. The molecular formula is C9H8N2OS2. The van der Waals surface area contributed by atoms with E-state index in [4.69, 9.17) is 0 Å². The zero-order valence-corrected chi connectivity index (χ0v) is 8.90. The first-order chi connectivity index (χ1) is 6.83.